The summed E-state index contributed by atoms with van der Waals surface area (Å²) in [6, 6.07) is 0.367. The average molecular weight is 245 g/mol. The Morgan fingerprint density at radius 3 is 2.75 bits per heavy atom. The summed E-state index contributed by atoms with van der Waals surface area (Å²) in [6.45, 7) is 2.94. The second-order valence-corrected chi connectivity index (χ2v) is 5.02. The zero-order chi connectivity index (χ0) is 12.0. The Hall–Kier alpha value is -0.710. The summed E-state index contributed by atoms with van der Waals surface area (Å²) in [4.78, 5) is 24.1. The van der Waals surface area contributed by atoms with Crippen LogP contribution in [0.25, 0.3) is 0 Å². The van der Waals surface area contributed by atoms with Gasteiger partial charge in [-0.05, 0) is 25.7 Å². The van der Waals surface area contributed by atoms with Gasteiger partial charge in [-0.15, -0.1) is 11.8 Å². The van der Waals surface area contributed by atoms with Crippen LogP contribution in [0.4, 0.5) is 0 Å². The molecular formula is C11H19NO3S. The highest BCUT2D eigenvalue weighted by Gasteiger charge is 2.24. The normalized spacial score (nSPS) is 20.8. The van der Waals surface area contributed by atoms with Crippen molar-refractivity contribution in [3.8, 4) is 0 Å². The van der Waals surface area contributed by atoms with Gasteiger partial charge in [0, 0.05) is 12.6 Å². The zero-order valence-corrected chi connectivity index (χ0v) is 10.5. The first-order valence-corrected chi connectivity index (χ1v) is 6.89. The standard InChI is InChI=1S/C11H19NO3S/c1-2-9-5-3-4-6-12(9)10(13)7-16-8-11(14)15/h9H,2-8H2,1H3,(H,14,15)/t9-/m0/s1. The highest BCUT2D eigenvalue weighted by Crippen LogP contribution is 2.20. The minimum atomic E-state index is -0.858. The van der Waals surface area contributed by atoms with E-state index in [4.69, 9.17) is 5.11 Å². The number of carbonyl (C=O) groups is 2. The number of thioether (sulfide) groups is 1. The van der Waals surface area contributed by atoms with Gasteiger partial charge in [-0.25, -0.2) is 0 Å². The Balaban J connectivity index is 2.35. The van der Waals surface area contributed by atoms with Crippen molar-refractivity contribution >= 4 is 23.6 Å². The van der Waals surface area contributed by atoms with Gasteiger partial charge in [0.2, 0.25) is 5.91 Å². The van der Waals surface area contributed by atoms with Crippen molar-refractivity contribution in [3.05, 3.63) is 0 Å². The van der Waals surface area contributed by atoms with E-state index in [2.05, 4.69) is 6.92 Å². The summed E-state index contributed by atoms with van der Waals surface area (Å²) in [6.07, 6.45) is 4.36. The molecule has 1 N–H and O–H groups in total. The molecule has 4 nitrogen and oxygen atoms in total. The second-order valence-electron chi connectivity index (χ2n) is 4.03. The fourth-order valence-corrected chi connectivity index (χ4v) is 2.68. The number of rotatable bonds is 5. The largest absolute Gasteiger partial charge is 0.481 e. The molecule has 0 radical (unpaired) electrons. The number of aliphatic carboxylic acids is 1. The topological polar surface area (TPSA) is 57.6 Å². The van der Waals surface area contributed by atoms with Crippen LogP contribution in [0.5, 0.6) is 0 Å². The molecule has 1 amide bonds. The molecule has 0 aliphatic carbocycles. The molecule has 0 saturated carbocycles. The molecule has 1 rings (SSSR count). The Kier molecular flexibility index (Phi) is 5.66. The second kappa shape index (κ2) is 6.78. The highest BCUT2D eigenvalue weighted by molar-refractivity contribution is 8.00. The molecule has 1 saturated heterocycles. The Morgan fingerprint density at radius 1 is 1.38 bits per heavy atom. The van der Waals surface area contributed by atoms with Crippen LogP contribution in [0.2, 0.25) is 0 Å². The molecule has 0 spiro atoms. The first-order valence-electron chi connectivity index (χ1n) is 5.74. The Labute approximate surface area is 100 Å². The minimum Gasteiger partial charge on any atom is -0.481 e. The minimum absolute atomic E-state index is 0.0103. The SMILES string of the molecule is CC[C@H]1CCCCN1C(=O)CSCC(=O)O. The molecule has 1 heterocycles. The van der Waals surface area contributed by atoms with Gasteiger partial charge in [0.15, 0.2) is 0 Å². The van der Waals surface area contributed by atoms with E-state index >= 15 is 0 Å². The van der Waals surface area contributed by atoms with Gasteiger partial charge in [-0.2, -0.15) is 0 Å². The lowest BCUT2D eigenvalue weighted by Crippen LogP contribution is -2.44. The van der Waals surface area contributed by atoms with Crippen molar-refractivity contribution in [1.29, 1.82) is 0 Å². The molecule has 1 fully saturated rings. The number of hydrogen-bond acceptors (Lipinski definition) is 3. The van der Waals surface area contributed by atoms with E-state index < -0.39 is 5.97 Å². The third-order valence-corrected chi connectivity index (χ3v) is 3.77. The van der Waals surface area contributed by atoms with E-state index in [1.54, 1.807) is 0 Å². The van der Waals surface area contributed by atoms with Crippen LogP contribution in [-0.4, -0.2) is 46.0 Å². The van der Waals surface area contributed by atoms with E-state index in [9.17, 15) is 9.59 Å². The average Bonchev–Trinajstić information content (AvgIpc) is 2.28. The van der Waals surface area contributed by atoms with Crippen molar-refractivity contribution < 1.29 is 14.7 Å². The first-order chi connectivity index (χ1) is 7.65. The molecule has 1 aliphatic heterocycles. The van der Waals surface area contributed by atoms with Gasteiger partial charge in [-0.3, -0.25) is 9.59 Å². The van der Waals surface area contributed by atoms with E-state index in [0.717, 1.165) is 25.8 Å². The van der Waals surface area contributed by atoms with Crippen molar-refractivity contribution in [2.45, 2.75) is 38.6 Å². The lowest BCUT2D eigenvalue weighted by molar-refractivity contribution is -0.134. The molecule has 0 unspecified atom stereocenters. The number of carbonyl (C=O) groups excluding carboxylic acids is 1. The molecular weight excluding hydrogens is 226 g/mol. The van der Waals surface area contributed by atoms with E-state index in [0.29, 0.717) is 11.8 Å². The van der Waals surface area contributed by atoms with Gasteiger partial charge in [0.1, 0.15) is 0 Å². The summed E-state index contributed by atoms with van der Waals surface area (Å²) >= 11 is 1.18. The summed E-state index contributed by atoms with van der Waals surface area (Å²) in [5.41, 5.74) is 0. The maximum atomic E-state index is 11.9. The van der Waals surface area contributed by atoms with E-state index in [1.165, 1.54) is 18.2 Å². The van der Waals surface area contributed by atoms with Crippen LogP contribution in [-0.2, 0) is 9.59 Å². The summed E-state index contributed by atoms with van der Waals surface area (Å²) in [7, 11) is 0. The molecule has 1 aliphatic rings. The van der Waals surface area contributed by atoms with Gasteiger partial charge in [0.25, 0.3) is 0 Å². The molecule has 92 valence electrons. The van der Waals surface area contributed by atoms with Crippen LogP contribution in [0, 0.1) is 0 Å². The Bertz CT molecular complexity index is 258. The maximum Gasteiger partial charge on any atom is 0.313 e. The number of hydrogen-bond donors (Lipinski definition) is 1. The summed E-state index contributed by atoms with van der Waals surface area (Å²) in [5.74, 6) is -0.458. The highest BCUT2D eigenvalue weighted by atomic mass is 32.2. The predicted molar refractivity (Wildman–Crippen MR) is 64.6 cm³/mol. The molecule has 0 bridgehead atoms. The maximum absolute atomic E-state index is 11.9. The van der Waals surface area contributed by atoms with Gasteiger partial charge >= 0.3 is 5.97 Å². The van der Waals surface area contributed by atoms with Gasteiger partial charge in [-0.1, -0.05) is 6.92 Å². The molecule has 1 atom stereocenters. The zero-order valence-electron chi connectivity index (χ0n) is 9.65. The van der Waals surface area contributed by atoms with Gasteiger partial charge in [0.05, 0.1) is 11.5 Å². The molecule has 0 aromatic rings. The van der Waals surface area contributed by atoms with Crippen LogP contribution in [0.1, 0.15) is 32.6 Å². The van der Waals surface area contributed by atoms with Crippen molar-refractivity contribution in [3.63, 3.8) is 0 Å². The van der Waals surface area contributed by atoms with E-state index in [-0.39, 0.29) is 11.7 Å². The molecule has 0 aromatic heterocycles. The van der Waals surface area contributed by atoms with E-state index in [1.807, 2.05) is 4.90 Å². The fourth-order valence-electron chi connectivity index (χ4n) is 2.06. The lowest BCUT2D eigenvalue weighted by Gasteiger charge is -2.35. The number of likely N-dealkylation sites (tertiary alicyclic amines) is 1. The van der Waals surface area contributed by atoms with Crippen molar-refractivity contribution in [2.75, 3.05) is 18.1 Å². The number of nitrogens with zero attached hydrogens (tertiary/aromatic N) is 1. The Morgan fingerprint density at radius 2 is 2.12 bits per heavy atom. The quantitative estimate of drug-likeness (QED) is 0.799. The third kappa shape index (κ3) is 4.04. The monoisotopic (exact) mass is 245 g/mol. The van der Waals surface area contributed by atoms with Crippen molar-refractivity contribution in [2.24, 2.45) is 0 Å². The molecule has 16 heavy (non-hydrogen) atoms. The number of carboxylic acids is 1. The molecule has 0 aromatic carbocycles. The fraction of sp³-hybridized carbons (Fsp3) is 0.818. The summed E-state index contributed by atoms with van der Waals surface area (Å²) in [5, 5.41) is 8.49. The predicted octanol–water partition coefficient (Wildman–Crippen LogP) is 1.60. The lowest BCUT2D eigenvalue weighted by atomic mass is 10.0. The van der Waals surface area contributed by atoms with Gasteiger partial charge < -0.3 is 10.0 Å². The third-order valence-electron chi connectivity index (χ3n) is 2.87. The van der Waals surface area contributed by atoms with Crippen LogP contribution in [0.15, 0.2) is 0 Å². The first kappa shape index (κ1) is 13.4. The summed E-state index contributed by atoms with van der Waals surface area (Å²) < 4.78 is 0. The number of carboxylic acid groups (broad SMARTS) is 1. The molecule has 5 heteroatoms. The van der Waals surface area contributed by atoms with Crippen LogP contribution in [0.3, 0.4) is 0 Å². The number of piperidine rings is 1. The van der Waals surface area contributed by atoms with Crippen LogP contribution < -0.4 is 0 Å². The number of amides is 1. The van der Waals surface area contributed by atoms with Crippen LogP contribution >= 0.6 is 11.8 Å². The van der Waals surface area contributed by atoms with Crippen molar-refractivity contribution in [1.82, 2.24) is 4.90 Å². The smallest absolute Gasteiger partial charge is 0.313 e.